The molecule has 2 fully saturated rings. The third-order valence-corrected chi connectivity index (χ3v) is 4.30. The van der Waals surface area contributed by atoms with Crippen LogP contribution < -0.4 is 15.6 Å². The van der Waals surface area contributed by atoms with Crippen molar-refractivity contribution in [2.45, 2.75) is 19.3 Å². The van der Waals surface area contributed by atoms with Gasteiger partial charge in [-0.05, 0) is 12.1 Å². The summed E-state index contributed by atoms with van der Waals surface area (Å²) in [6.07, 6.45) is 5.77. The molecule has 2 aromatic rings. The van der Waals surface area contributed by atoms with E-state index < -0.39 is 17.2 Å². The summed E-state index contributed by atoms with van der Waals surface area (Å²) in [5, 5.41) is 12.3. The van der Waals surface area contributed by atoms with E-state index in [2.05, 4.69) is 5.32 Å². The first-order valence-electron chi connectivity index (χ1n) is 8.51. The lowest BCUT2D eigenvalue weighted by Crippen LogP contribution is -2.43. The van der Waals surface area contributed by atoms with Gasteiger partial charge in [0.25, 0.3) is 0 Å². The van der Waals surface area contributed by atoms with Crippen LogP contribution in [0, 0.1) is 5.82 Å². The van der Waals surface area contributed by atoms with Gasteiger partial charge in [-0.3, -0.25) is 4.79 Å². The summed E-state index contributed by atoms with van der Waals surface area (Å²) >= 11 is 0. The molecule has 0 bridgehead atoms. The van der Waals surface area contributed by atoms with E-state index in [0.29, 0.717) is 24.3 Å². The number of aryl methyl sites for hydroxylation is 1. The Morgan fingerprint density at radius 2 is 1.84 bits per heavy atom. The van der Waals surface area contributed by atoms with Gasteiger partial charge < -0.3 is 19.9 Å². The molecule has 1 aromatic carbocycles. The lowest BCUT2D eigenvalue weighted by molar-refractivity contribution is 0.0695. The van der Waals surface area contributed by atoms with Crippen LogP contribution in [-0.4, -0.2) is 41.8 Å². The number of carbonyl (C=O) groups is 1. The maximum absolute atomic E-state index is 14.4. The number of rotatable bonds is 2. The summed E-state index contributed by atoms with van der Waals surface area (Å²) in [4.78, 5) is 25.2. The molecular weight excluding hydrogens is 325 g/mol. The number of pyridine rings is 1. The average molecular weight is 347 g/mol. The van der Waals surface area contributed by atoms with Crippen LogP contribution in [0.2, 0.25) is 0 Å². The zero-order valence-electron chi connectivity index (χ0n) is 14.2. The van der Waals surface area contributed by atoms with Gasteiger partial charge in [-0.1, -0.05) is 19.3 Å². The summed E-state index contributed by atoms with van der Waals surface area (Å²) in [5.41, 5.74) is -0.0623. The Kier molecular flexibility index (Phi) is 5.03. The number of fused-ring (bicyclic) bond motifs is 1. The van der Waals surface area contributed by atoms with Crippen LogP contribution in [0.3, 0.4) is 0 Å². The molecule has 0 amide bonds. The predicted molar refractivity (Wildman–Crippen MR) is 95.0 cm³/mol. The van der Waals surface area contributed by atoms with Crippen molar-refractivity contribution < 1.29 is 14.3 Å². The fraction of sp³-hybridized carbons (Fsp3) is 0.444. The number of nitrogens with zero attached hydrogens (tertiary/aromatic N) is 2. The number of benzene rings is 1. The Morgan fingerprint density at radius 1 is 1.20 bits per heavy atom. The van der Waals surface area contributed by atoms with E-state index in [-0.39, 0.29) is 10.9 Å². The van der Waals surface area contributed by atoms with Crippen molar-refractivity contribution in [3.8, 4) is 0 Å². The van der Waals surface area contributed by atoms with Crippen LogP contribution in [-0.2, 0) is 7.05 Å². The second-order valence-corrected chi connectivity index (χ2v) is 6.41. The highest BCUT2D eigenvalue weighted by Gasteiger charge is 2.19. The lowest BCUT2D eigenvalue weighted by Gasteiger charge is -2.30. The van der Waals surface area contributed by atoms with Crippen molar-refractivity contribution >= 4 is 22.6 Å². The molecule has 7 heteroatoms. The third-order valence-electron chi connectivity index (χ3n) is 4.30. The summed E-state index contributed by atoms with van der Waals surface area (Å²) in [6, 6.07) is 2.75. The molecule has 25 heavy (non-hydrogen) atoms. The summed E-state index contributed by atoms with van der Waals surface area (Å²) in [7, 11) is 1.65. The fourth-order valence-electron chi connectivity index (χ4n) is 2.79. The number of hydrogen-bond acceptors (Lipinski definition) is 4. The van der Waals surface area contributed by atoms with E-state index in [1.165, 1.54) is 25.5 Å². The second-order valence-electron chi connectivity index (χ2n) is 6.41. The number of aromatic carboxylic acids is 1. The number of carboxylic acid groups (broad SMARTS) is 1. The van der Waals surface area contributed by atoms with Crippen molar-refractivity contribution in [3.63, 3.8) is 0 Å². The number of carboxylic acids is 1. The van der Waals surface area contributed by atoms with E-state index in [0.717, 1.165) is 19.2 Å². The summed E-state index contributed by atoms with van der Waals surface area (Å²) in [5.74, 6) is -1.82. The number of nitrogens with one attached hydrogen (secondary N) is 1. The molecule has 0 atom stereocenters. The van der Waals surface area contributed by atoms with Gasteiger partial charge in [0.15, 0.2) is 0 Å². The maximum atomic E-state index is 14.4. The molecule has 6 nitrogen and oxygen atoms in total. The molecule has 2 N–H and O–H groups in total. The Hall–Kier alpha value is -2.41. The van der Waals surface area contributed by atoms with Crippen LogP contribution in [0.5, 0.6) is 0 Å². The highest BCUT2D eigenvalue weighted by Crippen LogP contribution is 2.25. The molecule has 1 aromatic heterocycles. The van der Waals surface area contributed by atoms with Gasteiger partial charge in [0.2, 0.25) is 5.43 Å². The minimum Gasteiger partial charge on any atom is -0.477 e. The fourth-order valence-corrected chi connectivity index (χ4v) is 2.79. The smallest absolute Gasteiger partial charge is 0.341 e. The SMILES string of the molecule is C1CC1.Cn1cc(C(=O)O)c(=O)c2cc(F)c(N3CCNCC3)cc21. The number of halogens is 1. The predicted octanol–water partition coefficient (Wildman–Crippen LogP) is 1.96. The van der Waals surface area contributed by atoms with Gasteiger partial charge in [-0.2, -0.15) is 0 Å². The van der Waals surface area contributed by atoms with E-state index in [1.54, 1.807) is 17.7 Å². The zero-order valence-corrected chi connectivity index (χ0v) is 14.2. The van der Waals surface area contributed by atoms with E-state index in [9.17, 15) is 14.0 Å². The number of anilines is 1. The molecule has 0 unspecified atom stereocenters. The molecule has 1 aliphatic heterocycles. The third kappa shape index (κ3) is 3.82. The van der Waals surface area contributed by atoms with Gasteiger partial charge in [0.1, 0.15) is 11.4 Å². The van der Waals surface area contributed by atoms with Crippen LogP contribution >= 0.6 is 0 Å². The first-order chi connectivity index (χ1) is 12.0. The molecular formula is C18H22FN3O3. The lowest BCUT2D eigenvalue weighted by atomic mass is 10.1. The van der Waals surface area contributed by atoms with Crippen molar-refractivity contribution in [1.29, 1.82) is 0 Å². The Bertz CT molecular complexity index is 852. The molecule has 1 saturated carbocycles. The van der Waals surface area contributed by atoms with Crippen molar-refractivity contribution in [1.82, 2.24) is 9.88 Å². The van der Waals surface area contributed by atoms with Gasteiger partial charge in [-0.15, -0.1) is 0 Å². The van der Waals surface area contributed by atoms with Crippen LogP contribution in [0.4, 0.5) is 10.1 Å². The van der Waals surface area contributed by atoms with Gasteiger partial charge in [-0.25, -0.2) is 9.18 Å². The molecule has 0 spiro atoms. The van der Waals surface area contributed by atoms with Crippen molar-refractivity contribution in [3.05, 3.63) is 39.9 Å². The molecule has 1 aliphatic carbocycles. The first-order valence-corrected chi connectivity index (χ1v) is 8.51. The van der Waals surface area contributed by atoms with Gasteiger partial charge in [0.05, 0.1) is 11.2 Å². The molecule has 4 rings (SSSR count). The zero-order chi connectivity index (χ0) is 18.0. The van der Waals surface area contributed by atoms with Crippen molar-refractivity contribution in [2.75, 3.05) is 31.1 Å². The normalized spacial score (nSPS) is 16.3. The highest BCUT2D eigenvalue weighted by molar-refractivity contribution is 5.93. The second kappa shape index (κ2) is 7.23. The van der Waals surface area contributed by atoms with Crippen LogP contribution in [0.25, 0.3) is 10.9 Å². The van der Waals surface area contributed by atoms with Crippen LogP contribution in [0.1, 0.15) is 29.6 Å². The number of piperazine rings is 1. The molecule has 1 saturated heterocycles. The minimum atomic E-state index is -1.31. The van der Waals surface area contributed by atoms with E-state index in [1.807, 2.05) is 4.90 Å². The standard InChI is InChI=1S/C15H16FN3O3.C3H6/c1-18-8-10(15(21)22)14(20)9-6-11(16)13(7-12(9)18)19-4-2-17-3-5-19;1-2-3-1/h6-8,17H,2-5H2,1H3,(H,21,22);1-3H2. The topological polar surface area (TPSA) is 74.6 Å². The maximum Gasteiger partial charge on any atom is 0.341 e. The van der Waals surface area contributed by atoms with Gasteiger partial charge >= 0.3 is 5.97 Å². The van der Waals surface area contributed by atoms with Gasteiger partial charge in [0, 0.05) is 44.8 Å². The van der Waals surface area contributed by atoms with Crippen LogP contribution in [0.15, 0.2) is 23.1 Å². The van der Waals surface area contributed by atoms with Crippen molar-refractivity contribution in [2.24, 2.45) is 7.05 Å². The quantitative estimate of drug-likeness (QED) is 0.869. The molecule has 2 heterocycles. The first kappa shape index (κ1) is 17.4. The monoisotopic (exact) mass is 347 g/mol. The molecule has 0 radical (unpaired) electrons. The molecule has 134 valence electrons. The Labute approximate surface area is 144 Å². The minimum absolute atomic E-state index is 0.0822. The largest absolute Gasteiger partial charge is 0.477 e. The number of aromatic nitrogens is 1. The number of hydrogen-bond donors (Lipinski definition) is 2. The Balaban J connectivity index is 0.000000549. The highest BCUT2D eigenvalue weighted by atomic mass is 19.1. The van der Waals surface area contributed by atoms with E-state index in [4.69, 9.17) is 5.11 Å². The molecule has 2 aliphatic rings. The summed E-state index contributed by atoms with van der Waals surface area (Å²) in [6.45, 7) is 2.91. The summed E-state index contributed by atoms with van der Waals surface area (Å²) < 4.78 is 15.9. The average Bonchev–Trinajstić information content (AvgIpc) is 3.47. The van der Waals surface area contributed by atoms with E-state index >= 15 is 0 Å². The Morgan fingerprint density at radius 3 is 2.40 bits per heavy atom.